The van der Waals surface area contributed by atoms with E-state index in [0.29, 0.717) is 28.0 Å². The Morgan fingerprint density at radius 3 is 2.69 bits per heavy atom. The summed E-state index contributed by atoms with van der Waals surface area (Å²) in [6, 6.07) is 17.6. The Kier molecular flexibility index (Phi) is 7.30. The zero-order chi connectivity index (χ0) is 25.2. The molecule has 1 amide bonds. The average Bonchev–Trinajstić information content (AvgIpc) is 3.34. The van der Waals surface area contributed by atoms with Crippen molar-refractivity contribution in [1.82, 2.24) is 20.5 Å². The van der Waals surface area contributed by atoms with Crippen molar-refractivity contribution in [2.45, 2.75) is 56.5 Å². The first-order chi connectivity index (χ1) is 17.4. The highest BCUT2D eigenvalue weighted by Crippen LogP contribution is 2.34. The van der Waals surface area contributed by atoms with Gasteiger partial charge in [0.05, 0.1) is 22.0 Å². The quantitative estimate of drug-likeness (QED) is 0.275. The van der Waals surface area contributed by atoms with Crippen molar-refractivity contribution < 1.29 is 9.21 Å². The van der Waals surface area contributed by atoms with E-state index >= 15 is 0 Å². The van der Waals surface area contributed by atoms with Gasteiger partial charge in [-0.25, -0.2) is 4.98 Å². The number of carbonyl (C=O) groups is 1. The first-order valence-corrected chi connectivity index (χ1v) is 13.6. The Hall–Kier alpha value is -2.90. The number of aromatic nitrogens is 3. The van der Waals surface area contributed by atoms with E-state index in [2.05, 4.69) is 29.4 Å². The molecule has 0 saturated heterocycles. The lowest BCUT2D eigenvalue weighted by Gasteiger charge is -2.35. The van der Waals surface area contributed by atoms with Crippen LogP contribution in [0.5, 0.6) is 0 Å². The van der Waals surface area contributed by atoms with Crippen LogP contribution in [0.15, 0.2) is 64.2 Å². The maximum atomic E-state index is 12.9. The number of nitrogens with one attached hydrogen (secondary N) is 1. The molecule has 1 aliphatic rings. The van der Waals surface area contributed by atoms with Crippen LogP contribution in [0.2, 0.25) is 5.02 Å². The molecule has 2 aromatic heterocycles. The Morgan fingerprint density at radius 2 is 1.89 bits per heavy atom. The number of hydrogen-bond donors (Lipinski definition) is 1. The van der Waals surface area contributed by atoms with Gasteiger partial charge in [-0.1, -0.05) is 80.4 Å². The van der Waals surface area contributed by atoms with Gasteiger partial charge in [-0.2, -0.15) is 0 Å². The van der Waals surface area contributed by atoms with Crippen LogP contribution in [-0.4, -0.2) is 32.4 Å². The fourth-order valence-corrected chi connectivity index (χ4v) is 5.60. The van der Waals surface area contributed by atoms with Crippen molar-refractivity contribution in [3.05, 3.63) is 59.6 Å². The van der Waals surface area contributed by atoms with E-state index in [1.54, 1.807) is 0 Å². The maximum Gasteiger partial charge on any atom is 0.277 e. The van der Waals surface area contributed by atoms with Crippen molar-refractivity contribution in [2.75, 3.05) is 0 Å². The van der Waals surface area contributed by atoms with E-state index in [0.717, 1.165) is 40.6 Å². The van der Waals surface area contributed by atoms with Crippen molar-refractivity contribution in [2.24, 2.45) is 11.8 Å². The molecule has 0 spiro atoms. The first kappa shape index (κ1) is 24.8. The Morgan fingerprint density at radius 1 is 1.11 bits per heavy atom. The molecule has 4 atom stereocenters. The summed E-state index contributed by atoms with van der Waals surface area (Å²) in [6.45, 7) is 6.37. The summed E-state index contributed by atoms with van der Waals surface area (Å²) in [5.41, 5.74) is 3.36. The molecule has 1 fully saturated rings. The molecular formula is C28H29ClN4O2S. The zero-order valence-electron chi connectivity index (χ0n) is 20.6. The Bertz CT molecular complexity index is 1370. The summed E-state index contributed by atoms with van der Waals surface area (Å²) in [6.07, 6.45) is 3.42. The molecule has 0 aliphatic heterocycles. The lowest BCUT2D eigenvalue weighted by molar-refractivity contribution is -0.121. The van der Waals surface area contributed by atoms with E-state index < -0.39 is 0 Å². The number of halogens is 1. The van der Waals surface area contributed by atoms with Gasteiger partial charge in [0, 0.05) is 22.0 Å². The SMILES string of the molecule is C[C@@H]1[C@@H](C)CCC[C@H]1NC(=O)[C@@H](C)Sc1nnc(-c2cc(-c3ccc(Cl)cc3)nc3ccccc23)o1. The molecule has 186 valence electrons. The van der Waals surface area contributed by atoms with Crippen LogP contribution < -0.4 is 5.32 Å². The molecule has 4 aromatic rings. The molecule has 0 bridgehead atoms. The molecule has 1 N–H and O–H groups in total. The highest BCUT2D eigenvalue weighted by Gasteiger charge is 2.30. The van der Waals surface area contributed by atoms with Crippen LogP contribution >= 0.6 is 23.4 Å². The minimum atomic E-state index is -0.346. The van der Waals surface area contributed by atoms with Gasteiger partial charge >= 0.3 is 0 Å². The number of fused-ring (bicyclic) bond motifs is 1. The molecule has 0 radical (unpaired) electrons. The standard InChI is InChI=1S/C28H29ClN4O2S/c1-16-7-6-10-23(17(16)2)31-26(34)18(3)36-28-33-32-27(35-28)22-15-25(19-11-13-20(29)14-12-19)30-24-9-5-4-8-21(22)24/h4-5,8-9,11-18,23H,6-7,10H2,1-3H3,(H,31,34)/t16-,17+,18+,23+/m0/s1. The Labute approximate surface area is 220 Å². The van der Waals surface area contributed by atoms with E-state index in [9.17, 15) is 4.79 Å². The van der Waals surface area contributed by atoms with Gasteiger partial charge in [0.25, 0.3) is 5.22 Å². The summed E-state index contributed by atoms with van der Waals surface area (Å²) in [4.78, 5) is 17.7. The molecule has 2 aromatic carbocycles. The Balaban J connectivity index is 1.37. The van der Waals surface area contributed by atoms with Crippen LogP contribution in [0.3, 0.4) is 0 Å². The van der Waals surface area contributed by atoms with E-state index in [1.807, 2.05) is 61.5 Å². The number of pyridine rings is 1. The van der Waals surface area contributed by atoms with Gasteiger partial charge in [0.15, 0.2) is 0 Å². The highest BCUT2D eigenvalue weighted by molar-refractivity contribution is 8.00. The van der Waals surface area contributed by atoms with Crippen LogP contribution in [0.25, 0.3) is 33.6 Å². The topological polar surface area (TPSA) is 80.9 Å². The first-order valence-electron chi connectivity index (χ1n) is 12.4. The second-order valence-corrected chi connectivity index (χ2v) is 11.3. The number of benzene rings is 2. The number of hydrogen-bond acceptors (Lipinski definition) is 6. The van der Waals surface area contributed by atoms with E-state index in [-0.39, 0.29) is 17.2 Å². The zero-order valence-corrected chi connectivity index (χ0v) is 22.1. The fourth-order valence-electron chi connectivity index (χ4n) is 4.78. The third-order valence-electron chi connectivity index (χ3n) is 7.17. The predicted octanol–water partition coefficient (Wildman–Crippen LogP) is 7.03. The van der Waals surface area contributed by atoms with Crippen LogP contribution in [0, 0.1) is 11.8 Å². The largest absolute Gasteiger partial charge is 0.411 e. The number of amides is 1. The molecule has 6 nitrogen and oxygen atoms in total. The van der Waals surface area contributed by atoms with Crippen molar-refractivity contribution in [1.29, 1.82) is 0 Å². The van der Waals surface area contributed by atoms with Gasteiger partial charge in [0.2, 0.25) is 11.8 Å². The molecule has 1 saturated carbocycles. The van der Waals surface area contributed by atoms with E-state index in [1.165, 1.54) is 18.2 Å². The van der Waals surface area contributed by atoms with Crippen molar-refractivity contribution >= 4 is 40.2 Å². The van der Waals surface area contributed by atoms with Crippen LogP contribution in [-0.2, 0) is 4.79 Å². The maximum absolute atomic E-state index is 12.9. The van der Waals surface area contributed by atoms with E-state index in [4.69, 9.17) is 21.0 Å². The van der Waals surface area contributed by atoms with Gasteiger partial charge in [-0.15, -0.1) is 10.2 Å². The molecule has 0 unspecified atom stereocenters. The normalized spacial score (nSPS) is 20.8. The lowest BCUT2D eigenvalue weighted by atomic mass is 9.78. The minimum absolute atomic E-state index is 0.00471. The molecule has 2 heterocycles. The van der Waals surface area contributed by atoms with Crippen molar-refractivity contribution in [3.63, 3.8) is 0 Å². The number of thioether (sulfide) groups is 1. The summed E-state index contributed by atoms with van der Waals surface area (Å²) in [5, 5.41) is 13.4. The smallest absolute Gasteiger partial charge is 0.277 e. The van der Waals surface area contributed by atoms with Gasteiger partial charge in [0.1, 0.15) is 0 Å². The highest BCUT2D eigenvalue weighted by atomic mass is 35.5. The fraction of sp³-hybridized carbons (Fsp3) is 0.357. The summed E-state index contributed by atoms with van der Waals surface area (Å²) in [5.74, 6) is 1.50. The van der Waals surface area contributed by atoms with Gasteiger partial charge < -0.3 is 9.73 Å². The summed E-state index contributed by atoms with van der Waals surface area (Å²) < 4.78 is 6.05. The number of nitrogens with zero attached hydrogens (tertiary/aromatic N) is 3. The van der Waals surface area contributed by atoms with Crippen LogP contribution in [0.4, 0.5) is 0 Å². The summed E-state index contributed by atoms with van der Waals surface area (Å²) in [7, 11) is 0. The number of carbonyl (C=O) groups excluding carboxylic acids is 1. The second kappa shape index (κ2) is 10.6. The molecule has 1 aliphatic carbocycles. The average molecular weight is 521 g/mol. The number of para-hydroxylation sites is 1. The second-order valence-electron chi connectivity index (χ2n) is 9.59. The third kappa shape index (κ3) is 5.27. The molecule has 8 heteroatoms. The minimum Gasteiger partial charge on any atom is -0.411 e. The molecule has 5 rings (SSSR count). The molecular weight excluding hydrogens is 492 g/mol. The summed E-state index contributed by atoms with van der Waals surface area (Å²) >= 11 is 7.35. The van der Waals surface area contributed by atoms with Gasteiger partial charge in [-0.3, -0.25) is 4.79 Å². The number of rotatable bonds is 6. The lowest BCUT2D eigenvalue weighted by Crippen LogP contribution is -2.46. The predicted molar refractivity (Wildman–Crippen MR) is 145 cm³/mol. The third-order valence-corrected chi connectivity index (χ3v) is 8.36. The van der Waals surface area contributed by atoms with Crippen molar-refractivity contribution in [3.8, 4) is 22.7 Å². The van der Waals surface area contributed by atoms with Gasteiger partial charge in [-0.05, 0) is 49.4 Å². The van der Waals surface area contributed by atoms with Crippen LogP contribution in [0.1, 0.15) is 40.0 Å². The monoisotopic (exact) mass is 520 g/mol. The molecule has 36 heavy (non-hydrogen) atoms.